The van der Waals surface area contributed by atoms with Gasteiger partial charge in [-0.25, -0.2) is 0 Å². The topological polar surface area (TPSA) is 46.6 Å². The van der Waals surface area contributed by atoms with Crippen molar-refractivity contribution in [3.05, 3.63) is 70.6 Å². The number of imide groups is 1. The Hall–Kier alpha value is -2.53. The molecule has 0 aliphatic carbocycles. The van der Waals surface area contributed by atoms with Crippen LogP contribution >= 0.6 is 11.8 Å². The number of carbonyl (C=O) groups is 2. The number of thioether (sulfide) groups is 1. The number of carbonyl (C=O) groups excluding carboxylic acids is 2. The predicted octanol–water partition coefficient (Wildman–Crippen LogP) is 4.36. The first kappa shape index (κ1) is 17.3. The summed E-state index contributed by atoms with van der Waals surface area (Å²) < 4.78 is 5.12. The molecule has 1 heterocycles. The van der Waals surface area contributed by atoms with Crippen LogP contribution in [0, 0.1) is 0 Å². The highest BCUT2D eigenvalue weighted by Gasteiger charge is 2.34. The summed E-state index contributed by atoms with van der Waals surface area (Å²) in [6.45, 7) is 0.444. The van der Waals surface area contributed by atoms with Crippen LogP contribution in [0.25, 0.3) is 6.08 Å². The van der Waals surface area contributed by atoms with Crippen LogP contribution in [0.1, 0.15) is 17.5 Å². The Bertz CT molecular complexity index is 784. The molecule has 0 N–H and O–H groups in total. The van der Waals surface area contributed by atoms with Crippen LogP contribution in [0.15, 0.2) is 59.5 Å². The molecule has 2 aromatic carbocycles. The smallest absolute Gasteiger partial charge is 0.293 e. The Morgan fingerprint density at radius 1 is 1.04 bits per heavy atom. The molecule has 0 spiro atoms. The van der Waals surface area contributed by atoms with E-state index in [1.54, 1.807) is 13.2 Å². The third kappa shape index (κ3) is 4.31. The average molecular weight is 353 g/mol. The van der Waals surface area contributed by atoms with Crippen molar-refractivity contribution in [2.45, 2.75) is 12.8 Å². The Balaban J connectivity index is 1.62. The lowest BCUT2D eigenvalue weighted by Gasteiger charge is -2.12. The normalized spacial score (nSPS) is 15.9. The van der Waals surface area contributed by atoms with Gasteiger partial charge in [-0.3, -0.25) is 14.5 Å². The van der Waals surface area contributed by atoms with Gasteiger partial charge in [0.15, 0.2) is 0 Å². The van der Waals surface area contributed by atoms with E-state index >= 15 is 0 Å². The Morgan fingerprint density at radius 2 is 1.76 bits per heavy atom. The van der Waals surface area contributed by atoms with Crippen LogP contribution in [0.3, 0.4) is 0 Å². The van der Waals surface area contributed by atoms with E-state index in [1.807, 2.05) is 42.5 Å². The minimum absolute atomic E-state index is 0.196. The fraction of sp³-hybridized carbons (Fsp3) is 0.200. The minimum atomic E-state index is -0.209. The molecule has 1 fully saturated rings. The van der Waals surface area contributed by atoms with Crippen molar-refractivity contribution >= 4 is 29.0 Å². The van der Waals surface area contributed by atoms with Crippen molar-refractivity contribution in [3.63, 3.8) is 0 Å². The number of ether oxygens (including phenoxy) is 1. The van der Waals surface area contributed by atoms with E-state index in [2.05, 4.69) is 12.1 Å². The number of nitrogens with zero attached hydrogens (tertiary/aromatic N) is 1. The van der Waals surface area contributed by atoms with Crippen molar-refractivity contribution < 1.29 is 14.3 Å². The third-order valence-corrected chi connectivity index (χ3v) is 4.88. The highest BCUT2D eigenvalue weighted by molar-refractivity contribution is 8.18. The van der Waals surface area contributed by atoms with Gasteiger partial charge in [0, 0.05) is 6.54 Å². The lowest BCUT2D eigenvalue weighted by atomic mass is 10.1. The van der Waals surface area contributed by atoms with Crippen LogP contribution in [0.2, 0.25) is 0 Å². The Kier molecular flexibility index (Phi) is 5.56. The zero-order chi connectivity index (χ0) is 17.6. The molecule has 0 bridgehead atoms. The summed E-state index contributed by atoms with van der Waals surface area (Å²) in [6, 6.07) is 17.5. The molecule has 0 unspecified atom stereocenters. The zero-order valence-corrected chi connectivity index (χ0v) is 14.8. The van der Waals surface area contributed by atoms with Gasteiger partial charge in [-0.2, -0.15) is 0 Å². The third-order valence-electron chi connectivity index (χ3n) is 3.98. The molecular formula is C20H19NO3S. The van der Waals surface area contributed by atoms with E-state index < -0.39 is 0 Å². The number of methoxy groups -OCH3 is 1. The number of benzene rings is 2. The molecule has 1 aliphatic rings. The van der Waals surface area contributed by atoms with Crippen LogP contribution in [-0.4, -0.2) is 29.7 Å². The summed E-state index contributed by atoms with van der Waals surface area (Å²) >= 11 is 1.00. The second-order valence-corrected chi connectivity index (χ2v) is 6.69. The lowest BCUT2D eigenvalue weighted by molar-refractivity contribution is -0.122. The van der Waals surface area contributed by atoms with Gasteiger partial charge in [-0.15, -0.1) is 0 Å². The number of hydrogen-bond acceptors (Lipinski definition) is 4. The highest BCUT2D eigenvalue weighted by atomic mass is 32.2. The fourth-order valence-corrected chi connectivity index (χ4v) is 3.50. The van der Waals surface area contributed by atoms with Gasteiger partial charge in [0.2, 0.25) is 0 Å². The number of aryl methyl sites for hydroxylation is 1. The standard InChI is InChI=1S/C20H19NO3S/c1-24-17-11-9-16(10-12-17)14-18-19(22)21(20(23)25-18)13-5-8-15-6-3-2-4-7-15/h2-4,6-7,9-12,14H,5,8,13H2,1H3/b18-14+. The molecule has 4 nitrogen and oxygen atoms in total. The van der Waals surface area contributed by atoms with Crippen molar-refractivity contribution in [1.82, 2.24) is 4.90 Å². The molecule has 0 radical (unpaired) electrons. The molecule has 2 amide bonds. The van der Waals surface area contributed by atoms with Crippen LogP contribution < -0.4 is 4.74 Å². The van der Waals surface area contributed by atoms with E-state index in [9.17, 15) is 9.59 Å². The molecule has 0 aromatic heterocycles. The maximum atomic E-state index is 12.5. The monoisotopic (exact) mass is 353 g/mol. The first-order chi connectivity index (χ1) is 12.2. The zero-order valence-electron chi connectivity index (χ0n) is 14.0. The molecule has 1 saturated heterocycles. The van der Waals surface area contributed by atoms with Crippen LogP contribution in [0.5, 0.6) is 5.75 Å². The quantitative estimate of drug-likeness (QED) is 0.724. The SMILES string of the molecule is COc1ccc(/C=C2/SC(=O)N(CCCc3ccccc3)C2=O)cc1. The average Bonchev–Trinajstić information content (AvgIpc) is 2.90. The molecule has 25 heavy (non-hydrogen) atoms. The van der Waals surface area contributed by atoms with Gasteiger partial charge in [-0.1, -0.05) is 42.5 Å². The van der Waals surface area contributed by atoms with Gasteiger partial charge in [-0.05, 0) is 53.9 Å². The van der Waals surface area contributed by atoms with Crippen molar-refractivity contribution in [2.75, 3.05) is 13.7 Å². The molecule has 0 saturated carbocycles. The van der Waals surface area contributed by atoms with Crippen molar-refractivity contribution in [3.8, 4) is 5.75 Å². The van der Waals surface area contributed by atoms with Gasteiger partial charge in [0.25, 0.3) is 11.1 Å². The molecule has 128 valence electrons. The summed E-state index contributed by atoms with van der Waals surface area (Å²) in [7, 11) is 1.61. The maximum Gasteiger partial charge on any atom is 0.293 e. The van der Waals surface area contributed by atoms with Gasteiger partial charge < -0.3 is 4.74 Å². The molecule has 2 aromatic rings. The molecule has 5 heteroatoms. The predicted molar refractivity (Wildman–Crippen MR) is 100 cm³/mol. The number of amides is 2. The first-order valence-electron chi connectivity index (χ1n) is 8.11. The number of rotatable bonds is 6. The molecule has 0 atom stereocenters. The van der Waals surface area contributed by atoms with Gasteiger partial charge in [0.1, 0.15) is 5.75 Å². The molecular weight excluding hydrogens is 334 g/mol. The maximum absolute atomic E-state index is 12.5. The van der Waals surface area contributed by atoms with E-state index in [1.165, 1.54) is 10.5 Å². The number of hydrogen-bond donors (Lipinski definition) is 0. The van der Waals surface area contributed by atoms with E-state index in [0.29, 0.717) is 11.4 Å². The van der Waals surface area contributed by atoms with Gasteiger partial charge in [0.05, 0.1) is 12.0 Å². The van der Waals surface area contributed by atoms with E-state index in [4.69, 9.17) is 4.74 Å². The molecule has 3 rings (SSSR count). The van der Waals surface area contributed by atoms with Crippen LogP contribution in [0.4, 0.5) is 4.79 Å². The van der Waals surface area contributed by atoms with E-state index in [0.717, 1.165) is 35.9 Å². The lowest BCUT2D eigenvalue weighted by Crippen LogP contribution is -2.29. The van der Waals surface area contributed by atoms with Gasteiger partial charge >= 0.3 is 0 Å². The molecule has 1 aliphatic heterocycles. The van der Waals surface area contributed by atoms with Crippen LogP contribution in [-0.2, 0) is 11.2 Å². The highest BCUT2D eigenvalue weighted by Crippen LogP contribution is 2.32. The van der Waals surface area contributed by atoms with Crippen molar-refractivity contribution in [1.29, 1.82) is 0 Å². The Morgan fingerprint density at radius 3 is 2.44 bits per heavy atom. The minimum Gasteiger partial charge on any atom is -0.497 e. The summed E-state index contributed by atoms with van der Waals surface area (Å²) in [4.78, 5) is 26.4. The fourth-order valence-electron chi connectivity index (χ4n) is 2.63. The summed E-state index contributed by atoms with van der Waals surface area (Å²) in [5, 5.41) is -0.196. The largest absolute Gasteiger partial charge is 0.497 e. The first-order valence-corrected chi connectivity index (χ1v) is 8.92. The van der Waals surface area contributed by atoms with E-state index in [-0.39, 0.29) is 11.1 Å². The Labute approximate surface area is 151 Å². The second kappa shape index (κ2) is 8.03. The summed E-state index contributed by atoms with van der Waals surface area (Å²) in [6.07, 6.45) is 3.36. The van der Waals surface area contributed by atoms with Crippen molar-refractivity contribution in [2.24, 2.45) is 0 Å². The second-order valence-electron chi connectivity index (χ2n) is 5.70. The summed E-state index contributed by atoms with van der Waals surface area (Å²) in [5.41, 5.74) is 2.08. The summed E-state index contributed by atoms with van der Waals surface area (Å²) in [5.74, 6) is 0.546.